The van der Waals surface area contributed by atoms with Crippen molar-refractivity contribution in [3.05, 3.63) is 58.2 Å². The molecule has 3 aliphatic rings. The number of nitrogens with zero attached hydrogens (tertiary/aromatic N) is 6. The van der Waals surface area contributed by atoms with E-state index in [1.807, 2.05) is 32.2 Å². The summed E-state index contributed by atoms with van der Waals surface area (Å²) in [4.78, 5) is 68.9. The van der Waals surface area contributed by atoms with Crippen molar-refractivity contribution in [2.75, 3.05) is 40.4 Å². The number of aromatic nitrogens is 3. The largest absolute Gasteiger partial charge is 0.464 e. The van der Waals surface area contributed by atoms with Crippen LogP contribution in [0.1, 0.15) is 83.2 Å². The zero-order valence-corrected chi connectivity index (χ0v) is 36.4. The summed E-state index contributed by atoms with van der Waals surface area (Å²) in [7, 11) is 3.43. The van der Waals surface area contributed by atoms with Crippen LogP contribution >= 0.6 is 11.3 Å². The number of carbonyl (C=O) groups is 4. The monoisotopic (exact) mass is 826 g/mol. The molecule has 0 aliphatic carbocycles. The fourth-order valence-electron chi connectivity index (χ4n) is 8.77. The number of hydrazine groups is 1. The van der Waals surface area contributed by atoms with Crippen molar-refractivity contribution >= 4 is 46.1 Å². The fraction of sp³-hybridized carbons (Fsp3) is 0.545. The molecule has 6 heterocycles. The fourth-order valence-corrected chi connectivity index (χ4v) is 9.62. The second kappa shape index (κ2) is 17.4. The number of fused-ring (bicyclic) bond motifs is 6. The Morgan fingerprint density at radius 2 is 1.92 bits per heavy atom. The Labute approximate surface area is 350 Å². The molecule has 15 heteroatoms. The molecule has 7 rings (SSSR count). The van der Waals surface area contributed by atoms with Crippen molar-refractivity contribution < 1.29 is 28.7 Å². The van der Waals surface area contributed by atoms with E-state index in [0.717, 1.165) is 51.1 Å². The van der Waals surface area contributed by atoms with Gasteiger partial charge in [-0.25, -0.2) is 15.2 Å². The van der Waals surface area contributed by atoms with E-state index in [0.29, 0.717) is 50.4 Å². The molecule has 2 saturated heterocycles. The van der Waals surface area contributed by atoms with Crippen LogP contribution in [0.4, 0.5) is 4.79 Å². The topological polar surface area (TPSA) is 151 Å². The van der Waals surface area contributed by atoms with Gasteiger partial charge in [0.1, 0.15) is 18.1 Å². The van der Waals surface area contributed by atoms with Crippen molar-refractivity contribution in [1.29, 1.82) is 0 Å². The van der Waals surface area contributed by atoms with E-state index in [1.165, 1.54) is 16.3 Å². The minimum Gasteiger partial charge on any atom is -0.464 e. The molecule has 2 N–H and O–H groups in total. The van der Waals surface area contributed by atoms with Crippen LogP contribution in [0.25, 0.3) is 33.4 Å². The number of amides is 4. The highest BCUT2D eigenvalue weighted by atomic mass is 32.1. The maximum Gasteiger partial charge on any atom is 0.324 e. The van der Waals surface area contributed by atoms with E-state index in [4.69, 9.17) is 19.4 Å². The summed E-state index contributed by atoms with van der Waals surface area (Å²) < 4.78 is 14.2. The van der Waals surface area contributed by atoms with Gasteiger partial charge in [0.15, 0.2) is 0 Å². The SMILES string of the molecule is CCn1c(-c2cccnc2[C@H](C)OC)c2c3cc(ccc31)-c1csc(n1)C[C@H](NC(=O)C(C(C)C)N1CCCN(C)C1=O)C(=O)N1CCC[C@H](N1)C(=O)OCC(C)(C)C2. The number of aryl methyl sites for hydroxylation is 1. The lowest BCUT2D eigenvalue weighted by molar-refractivity contribution is -0.155. The zero-order chi connectivity index (χ0) is 42.2. The Hall–Kier alpha value is -4.86. The third-order valence-corrected chi connectivity index (χ3v) is 12.7. The number of methoxy groups -OCH3 is 1. The summed E-state index contributed by atoms with van der Waals surface area (Å²) in [5.41, 5.74) is 9.42. The number of benzene rings is 1. The van der Waals surface area contributed by atoms with E-state index >= 15 is 0 Å². The average molecular weight is 827 g/mol. The van der Waals surface area contributed by atoms with Crippen LogP contribution < -0.4 is 10.7 Å². The number of urea groups is 1. The van der Waals surface area contributed by atoms with Crippen molar-refractivity contribution in [3.8, 4) is 22.5 Å². The van der Waals surface area contributed by atoms with Gasteiger partial charge in [0.05, 0.1) is 34.8 Å². The molecule has 2 fully saturated rings. The minimum atomic E-state index is -1.01. The Balaban J connectivity index is 1.32. The zero-order valence-electron chi connectivity index (χ0n) is 35.5. The molecule has 4 aromatic rings. The molecular formula is C44H58N8O6S. The Morgan fingerprint density at radius 1 is 1.12 bits per heavy atom. The van der Waals surface area contributed by atoms with Gasteiger partial charge in [-0.15, -0.1) is 11.3 Å². The van der Waals surface area contributed by atoms with Gasteiger partial charge in [0, 0.05) is 85.8 Å². The van der Waals surface area contributed by atoms with E-state index in [-0.39, 0.29) is 37.0 Å². The number of hydrogen-bond donors (Lipinski definition) is 2. The molecule has 4 atom stereocenters. The molecule has 14 nitrogen and oxygen atoms in total. The van der Waals surface area contributed by atoms with Crippen LogP contribution in [0.3, 0.4) is 0 Å². The number of thiazole rings is 1. The van der Waals surface area contributed by atoms with Gasteiger partial charge in [-0.05, 0) is 75.3 Å². The molecule has 1 unspecified atom stereocenters. The first kappa shape index (κ1) is 42.3. The van der Waals surface area contributed by atoms with E-state index in [2.05, 4.69) is 60.3 Å². The standard InChI is InChI=1S/C44H58N8O6S/c1-9-50-35-16-15-28-21-30(35)31(39(50)29-13-10-17-45-37(29)27(4)57-8)23-44(5,6)25-58-42(55)32-14-11-20-52(48-32)41(54)33(22-36-46-34(28)24-59-36)47-40(53)38(26(2)3)51-19-12-18-49(7)43(51)56/h10,13,15-17,21,24,26-27,32-33,38,48H,9,11-12,14,18-20,22-23,25H2,1-8H3,(H,47,53)/t27-,32-,33-,38?/m0/s1. The summed E-state index contributed by atoms with van der Waals surface area (Å²) >= 11 is 1.43. The van der Waals surface area contributed by atoms with Gasteiger partial charge >= 0.3 is 12.0 Å². The van der Waals surface area contributed by atoms with Crippen molar-refractivity contribution in [1.82, 2.24) is 40.1 Å². The second-order valence-corrected chi connectivity index (χ2v) is 18.2. The summed E-state index contributed by atoms with van der Waals surface area (Å²) in [6, 6.07) is 7.71. The number of pyridine rings is 1. The average Bonchev–Trinajstić information content (AvgIpc) is 3.82. The number of carbonyl (C=O) groups excluding carboxylic acids is 4. The molecule has 1 aromatic carbocycles. The van der Waals surface area contributed by atoms with Gasteiger partial charge in [-0.2, -0.15) is 0 Å². The smallest absolute Gasteiger partial charge is 0.324 e. The summed E-state index contributed by atoms with van der Waals surface area (Å²) in [6.07, 6.45) is 4.08. The van der Waals surface area contributed by atoms with Crippen LogP contribution in [0, 0.1) is 11.3 Å². The van der Waals surface area contributed by atoms with Crippen LogP contribution in [0.15, 0.2) is 41.9 Å². The first-order valence-electron chi connectivity index (χ1n) is 20.9. The number of ether oxygens (including phenoxy) is 2. The van der Waals surface area contributed by atoms with Crippen LogP contribution in [-0.4, -0.2) is 112 Å². The van der Waals surface area contributed by atoms with Crippen LogP contribution in [0.2, 0.25) is 0 Å². The lowest BCUT2D eigenvalue weighted by Crippen LogP contribution is -2.63. The maximum absolute atomic E-state index is 14.5. The minimum absolute atomic E-state index is 0.126. The van der Waals surface area contributed by atoms with Crippen molar-refractivity contribution in [3.63, 3.8) is 0 Å². The normalized spacial score (nSPS) is 21.4. The molecule has 0 spiro atoms. The quantitative estimate of drug-likeness (QED) is 0.205. The van der Waals surface area contributed by atoms with Crippen molar-refractivity contribution in [2.24, 2.45) is 11.3 Å². The summed E-state index contributed by atoms with van der Waals surface area (Å²) in [5.74, 6) is -1.42. The number of rotatable bonds is 8. The molecule has 0 radical (unpaired) electrons. The van der Waals surface area contributed by atoms with E-state index in [9.17, 15) is 19.2 Å². The highest BCUT2D eigenvalue weighted by molar-refractivity contribution is 7.10. The molecular weight excluding hydrogens is 769 g/mol. The Bertz CT molecular complexity index is 2220. The van der Waals surface area contributed by atoms with Gasteiger partial charge in [0.25, 0.3) is 5.91 Å². The van der Waals surface area contributed by atoms with Gasteiger partial charge in [0.2, 0.25) is 5.91 Å². The molecule has 316 valence electrons. The first-order chi connectivity index (χ1) is 28.2. The number of cyclic esters (lactones) is 1. The van der Waals surface area contributed by atoms with Gasteiger partial charge in [-0.3, -0.25) is 24.4 Å². The predicted molar refractivity (Wildman–Crippen MR) is 227 cm³/mol. The molecule has 0 saturated carbocycles. The molecule has 59 heavy (non-hydrogen) atoms. The summed E-state index contributed by atoms with van der Waals surface area (Å²) in [6.45, 7) is 14.5. The van der Waals surface area contributed by atoms with E-state index in [1.54, 1.807) is 30.2 Å². The number of nitrogens with one attached hydrogen (secondary N) is 2. The highest BCUT2D eigenvalue weighted by Crippen LogP contribution is 2.42. The molecule has 3 aromatic heterocycles. The third-order valence-electron chi connectivity index (χ3n) is 11.9. The Kier molecular flexibility index (Phi) is 12.5. The van der Waals surface area contributed by atoms with E-state index < -0.39 is 35.4 Å². The van der Waals surface area contributed by atoms with Crippen LogP contribution in [-0.2, 0) is 43.2 Å². The number of hydrogen-bond acceptors (Lipinski definition) is 10. The molecule has 6 bridgehead atoms. The van der Waals surface area contributed by atoms with Gasteiger partial charge < -0.3 is 29.2 Å². The predicted octanol–water partition coefficient (Wildman–Crippen LogP) is 5.98. The number of esters is 1. The lowest BCUT2D eigenvalue weighted by Gasteiger charge is -2.40. The third kappa shape index (κ3) is 8.60. The maximum atomic E-state index is 14.5. The van der Waals surface area contributed by atoms with Crippen LogP contribution in [0.5, 0.6) is 0 Å². The Morgan fingerprint density at radius 3 is 2.66 bits per heavy atom. The molecule has 3 aliphatic heterocycles. The summed E-state index contributed by atoms with van der Waals surface area (Å²) in [5, 5.41) is 8.22. The first-order valence-corrected chi connectivity index (χ1v) is 21.7. The molecule has 4 amide bonds. The highest BCUT2D eigenvalue weighted by Gasteiger charge is 2.40. The van der Waals surface area contributed by atoms with Crippen molar-refractivity contribution in [2.45, 2.75) is 104 Å². The second-order valence-electron chi connectivity index (χ2n) is 17.2. The van der Waals surface area contributed by atoms with Gasteiger partial charge in [-0.1, -0.05) is 33.8 Å². The lowest BCUT2D eigenvalue weighted by atomic mass is 9.84.